The first kappa shape index (κ1) is 28.0. The monoisotopic (exact) mass is 532 g/mol. The van der Waals surface area contributed by atoms with Gasteiger partial charge in [0.2, 0.25) is 11.8 Å². The molecule has 0 spiro atoms. The molecule has 1 atom stereocenters. The zero-order valence-electron chi connectivity index (χ0n) is 20.8. The quantitative estimate of drug-likeness (QED) is 0.451. The van der Waals surface area contributed by atoms with Gasteiger partial charge in [-0.1, -0.05) is 55.2 Å². The highest BCUT2D eigenvalue weighted by atomic mass is 35.5. The molecule has 0 bridgehead atoms. The Morgan fingerprint density at radius 2 is 1.72 bits per heavy atom. The van der Waals surface area contributed by atoms with Crippen LogP contribution < -0.4 is 16.0 Å². The molecule has 194 valence electrons. The zero-order chi connectivity index (χ0) is 26.2. The summed E-state index contributed by atoms with van der Waals surface area (Å²) in [4.78, 5) is 42.5. The normalized spacial score (nSPS) is 14.6. The number of carbonyl (C=O) groups is 3. The second-order valence-electron chi connectivity index (χ2n) is 9.45. The molecule has 0 aromatic heterocycles. The van der Waals surface area contributed by atoms with Crippen LogP contribution in [-0.4, -0.2) is 61.3 Å². The summed E-state index contributed by atoms with van der Waals surface area (Å²) in [5.41, 5.74) is 7.87. The van der Waals surface area contributed by atoms with Crippen LogP contribution in [0, 0.1) is 5.92 Å². The van der Waals surface area contributed by atoms with E-state index in [1.807, 2.05) is 38.1 Å². The summed E-state index contributed by atoms with van der Waals surface area (Å²) in [6, 6.07) is 12.0. The number of Topliss-reactive ketones (excluding diaryl/α,β-unsaturated/α-hetero) is 1. The molecule has 3 rings (SSSR count). The van der Waals surface area contributed by atoms with Crippen molar-refractivity contribution in [1.82, 2.24) is 10.2 Å². The van der Waals surface area contributed by atoms with Crippen molar-refractivity contribution in [3.63, 3.8) is 0 Å². The molecule has 1 fully saturated rings. The van der Waals surface area contributed by atoms with Gasteiger partial charge in [0, 0.05) is 73.3 Å². The second kappa shape index (κ2) is 13.1. The van der Waals surface area contributed by atoms with Crippen LogP contribution in [0.4, 0.5) is 5.69 Å². The molecule has 9 heteroatoms. The fraction of sp³-hybridized carbons (Fsp3) is 0.444. The minimum absolute atomic E-state index is 0.127. The molecule has 3 N–H and O–H groups in total. The van der Waals surface area contributed by atoms with Gasteiger partial charge in [-0.25, -0.2) is 0 Å². The summed E-state index contributed by atoms with van der Waals surface area (Å²) in [5, 5.41) is 3.78. The van der Waals surface area contributed by atoms with Crippen molar-refractivity contribution < 1.29 is 14.4 Å². The predicted octanol–water partition coefficient (Wildman–Crippen LogP) is 3.95. The lowest BCUT2D eigenvalue weighted by molar-refractivity contribution is -0.136. The Morgan fingerprint density at radius 1 is 1.03 bits per heavy atom. The van der Waals surface area contributed by atoms with Gasteiger partial charge in [-0.3, -0.25) is 14.4 Å². The third-order valence-corrected chi connectivity index (χ3v) is 6.76. The number of nitrogens with zero attached hydrogens (tertiary/aromatic N) is 2. The van der Waals surface area contributed by atoms with Crippen molar-refractivity contribution in [3.8, 4) is 0 Å². The number of hydrogen-bond donors (Lipinski definition) is 2. The van der Waals surface area contributed by atoms with E-state index >= 15 is 0 Å². The lowest BCUT2D eigenvalue weighted by Gasteiger charge is -2.38. The van der Waals surface area contributed by atoms with Gasteiger partial charge >= 0.3 is 0 Å². The number of carbonyl (C=O) groups excluding carboxylic acids is 3. The SMILES string of the molecule is CC(C)CC(=O)c1ccccc1N1CCN(C(=O)[C@@H](Cc2ccc(Cl)cc2Cl)NC(=O)CCN)CC1. The topological polar surface area (TPSA) is 95.7 Å². The van der Waals surface area contributed by atoms with E-state index in [9.17, 15) is 14.4 Å². The molecule has 2 amide bonds. The average Bonchev–Trinajstić information content (AvgIpc) is 2.84. The number of nitrogens with two attached hydrogens (primary N) is 1. The molecule has 0 unspecified atom stereocenters. The average molecular weight is 534 g/mol. The molecule has 1 aliphatic rings. The highest BCUT2D eigenvalue weighted by Crippen LogP contribution is 2.26. The van der Waals surface area contributed by atoms with Crippen LogP contribution in [0.1, 0.15) is 42.6 Å². The lowest BCUT2D eigenvalue weighted by Crippen LogP contribution is -2.56. The van der Waals surface area contributed by atoms with Gasteiger partial charge in [-0.2, -0.15) is 0 Å². The van der Waals surface area contributed by atoms with E-state index in [4.69, 9.17) is 28.9 Å². The van der Waals surface area contributed by atoms with Crippen LogP contribution >= 0.6 is 23.2 Å². The number of rotatable bonds is 10. The number of halogens is 2. The van der Waals surface area contributed by atoms with Gasteiger partial charge in [0.15, 0.2) is 5.78 Å². The maximum atomic E-state index is 13.5. The molecule has 1 saturated heterocycles. The zero-order valence-corrected chi connectivity index (χ0v) is 22.3. The van der Waals surface area contributed by atoms with Crippen molar-refractivity contribution in [2.75, 3.05) is 37.6 Å². The first-order chi connectivity index (χ1) is 17.2. The minimum Gasteiger partial charge on any atom is -0.367 e. The maximum Gasteiger partial charge on any atom is 0.245 e. The van der Waals surface area contributed by atoms with E-state index in [1.165, 1.54) is 0 Å². The molecular formula is C27H34Cl2N4O3. The minimum atomic E-state index is -0.769. The molecule has 1 heterocycles. The van der Waals surface area contributed by atoms with Crippen LogP contribution in [0.3, 0.4) is 0 Å². The molecule has 0 radical (unpaired) electrons. The standard InChI is InChI=1S/C27H34Cl2N4O3/c1-18(2)15-25(34)21-5-3-4-6-24(21)32-11-13-33(14-12-32)27(36)23(31-26(35)9-10-30)16-19-7-8-20(28)17-22(19)29/h3-8,17-18,23H,9-16,30H2,1-2H3,(H,31,35)/t23-/m1/s1. The number of anilines is 1. The van der Waals surface area contributed by atoms with Gasteiger partial charge in [0.1, 0.15) is 6.04 Å². The lowest BCUT2D eigenvalue weighted by atomic mass is 9.99. The Balaban J connectivity index is 1.72. The highest BCUT2D eigenvalue weighted by Gasteiger charge is 2.30. The Morgan fingerprint density at radius 3 is 2.36 bits per heavy atom. The Labute approximate surface area is 222 Å². The first-order valence-electron chi connectivity index (χ1n) is 12.3. The van der Waals surface area contributed by atoms with Crippen molar-refractivity contribution >= 4 is 46.5 Å². The first-order valence-corrected chi connectivity index (χ1v) is 13.0. The van der Waals surface area contributed by atoms with Crippen LogP contribution in [0.2, 0.25) is 10.0 Å². The molecule has 0 aliphatic carbocycles. The summed E-state index contributed by atoms with van der Waals surface area (Å²) in [7, 11) is 0. The molecule has 0 saturated carbocycles. The van der Waals surface area contributed by atoms with Gasteiger partial charge in [-0.05, 0) is 35.7 Å². The highest BCUT2D eigenvalue weighted by molar-refractivity contribution is 6.35. The van der Waals surface area contributed by atoms with Crippen molar-refractivity contribution in [2.45, 2.75) is 39.2 Å². The second-order valence-corrected chi connectivity index (χ2v) is 10.3. The van der Waals surface area contributed by atoms with Crippen LogP contribution in [-0.2, 0) is 16.0 Å². The molecule has 36 heavy (non-hydrogen) atoms. The number of benzene rings is 2. The Bertz CT molecular complexity index is 1080. The third kappa shape index (κ3) is 7.45. The summed E-state index contributed by atoms with van der Waals surface area (Å²) in [6.07, 6.45) is 0.873. The summed E-state index contributed by atoms with van der Waals surface area (Å²) in [6.45, 7) is 6.38. The van der Waals surface area contributed by atoms with E-state index < -0.39 is 6.04 Å². The van der Waals surface area contributed by atoms with E-state index in [0.29, 0.717) is 42.6 Å². The van der Waals surface area contributed by atoms with Gasteiger partial charge in [0.25, 0.3) is 0 Å². The van der Waals surface area contributed by atoms with Gasteiger partial charge in [-0.15, -0.1) is 0 Å². The summed E-state index contributed by atoms with van der Waals surface area (Å²) in [5.74, 6) is -0.0467. The Hall–Kier alpha value is -2.61. The number of piperazine rings is 1. The summed E-state index contributed by atoms with van der Waals surface area (Å²) >= 11 is 12.4. The van der Waals surface area contributed by atoms with Crippen LogP contribution in [0.5, 0.6) is 0 Å². The van der Waals surface area contributed by atoms with Gasteiger partial charge < -0.3 is 20.9 Å². The molecule has 2 aromatic carbocycles. The largest absolute Gasteiger partial charge is 0.367 e. The fourth-order valence-corrected chi connectivity index (χ4v) is 4.84. The van der Waals surface area contributed by atoms with E-state index in [0.717, 1.165) is 16.8 Å². The number of ketones is 1. The summed E-state index contributed by atoms with van der Waals surface area (Å²) < 4.78 is 0. The number of amides is 2. The number of para-hydroxylation sites is 1. The molecule has 2 aromatic rings. The number of nitrogens with one attached hydrogen (secondary N) is 1. The molecule has 7 nitrogen and oxygen atoms in total. The van der Waals surface area contributed by atoms with Crippen LogP contribution in [0.15, 0.2) is 42.5 Å². The van der Waals surface area contributed by atoms with E-state index in [2.05, 4.69) is 10.2 Å². The van der Waals surface area contributed by atoms with Crippen molar-refractivity contribution in [2.24, 2.45) is 11.7 Å². The molecular weight excluding hydrogens is 499 g/mol. The smallest absolute Gasteiger partial charge is 0.245 e. The predicted molar refractivity (Wildman–Crippen MR) is 145 cm³/mol. The third-order valence-electron chi connectivity index (χ3n) is 6.17. The van der Waals surface area contributed by atoms with Crippen molar-refractivity contribution in [1.29, 1.82) is 0 Å². The van der Waals surface area contributed by atoms with E-state index in [1.54, 1.807) is 23.1 Å². The molecule has 1 aliphatic heterocycles. The number of hydrogen-bond acceptors (Lipinski definition) is 5. The van der Waals surface area contributed by atoms with Crippen LogP contribution in [0.25, 0.3) is 0 Å². The Kier molecular flexibility index (Phi) is 10.2. The van der Waals surface area contributed by atoms with Gasteiger partial charge in [0.05, 0.1) is 0 Å². The maximum absolute atomic E-state index is 13.5. The van der Waals surface area contributed by atoms with Crippen molar-refractivity contribution in [3.05, 3.63) is 63.6 Å². The van der Waals surface area contributed by atoms with E-state index in [-0.39, 0.29) is 42.9 Å². The fourth-order valence-electron chi connectivity index (χ4n) is 4.36.